The van der Waals surface area contributed by atoms with Crippen LogP contribution in [0, 0.1) is 0 Å². The lowest BCUT2D eigenvalue weighted by Gasteiger charge is -2.11. The van der Waals surface area contributed by atoms with Crippen molar-refractivity contribution in [3.63, 3.8) is 0 Å². The molecular weight excluding hydrogens is 272 g/mol. The SMILES string of the molecule is CCCCCNC(=O)c1ccc(OCC(N)=O)c(OC)c1. The second-order valence-electron chi connectivity index (χ2n) is 4.58. The van der Waals surface area contributed by atoms with E-state index < -0.39 is 5.91 Å². The Morgan fingerprint density at radius 2 is 2.00 bits per heavy atom. The number of unbranched alkanes of at least 4 members (excludes halogenated alkanes) is 2. The lowest BCUT2D eigenvalue weighted by atomic mass is 10.2. The summed E-state index contributed by atoms with van der Waals surface area (Å²) >= 11 is 0. The van der Waals surface area contributed by atoms with Crippen LogP contribution in [0.25, 0.3) is 0 Å². The van der Waals surface area contributed by atoms with Crippen LogP contribution in [0.15, 0.2) is 18.2 Å². The third kappa shape index (κ3) is 5.72. The summed E-state index contributed by atoms with van der Waals surface area (Å²) in [5, 5.41) is 2.85. The summed E-state index contributed by atoms with van der Waals surface area (Å²) in [7, 11) is 1.47. The van der Waals surface area contributed by atoms with Gasteiger partial charge < -0.3 is 20.5 Å². The van der Waals surface area contributed by atoms with E-state index in [9.17, 15) is 9.59 Å². The van der Waals surface area contributed by atoms with Gasteiger partial charge in [0.25, 0.3) is 11.8 Å². The molecule has 0 aliphatic heterocycles. The van der Waals surface area contributed by atoms with Gasteiger partial charge in [-0.2, -0.15) is 0 Å². The van der Waals surface area contributed by atoms with Crippen molar-refractivity contribution >= 4 is 11.8 Å². The Bertz CT molecular complexity index is 489. The maximum absolute atomic E-state index is 12.0. The average Bonchev–Trinajstić information content (AvgIpc) is 2.49. The molecule has 0 fully saturated rings. The van der Waals surface area contributed by atoms with Crippen LogP contribution in [0.1, 0.15) is 36.5 Å². The van der Waals surface area contributed by atoms with E-state index in [1.54, 1.807) is 18.2 Å². The van der Waals surface area contributed by atoms with Gasteiger partial charge in [0.15, 0.2) is 18.1 Å². The molecule has 6 nitrogen and oxygen atoms in total. The first-order valence-corrected chi connectivity index (χ1v) is 6.95. The molecule has 1 aromatic carbocycles. The number of methoxy groups -OCH3 is 1. The van der Waals surface area contributed by atoms with E-state index in [1.807, 2.05) is 0 Å². The van der Waals surface area contributed by atoms with Gasteiger partial charge in [0.05, 0.1) is 7.11 Å². The minimum atomic E-state index is -0.574. The fraction of sp³-hybridized carbons (Fsp3) is 0.467. The number of nitrogens with two attached hydrogens (primary N) is 1. The number of hydrogen-bond acceptors (Lipinski definition) is 4. The molecule has 0 heterocycles. The first-order chi connectivity index (χ1) is 10.1. The largest absolute Gasteiger partial charge is 0.493 e. The summed E-state index contributed by atoms with van der Waals surface area (Å²) in [6, 6.07) is 4.78. The Hall–Kier alpha value is -2.24. The lowest BCUT2D eigenvalue weighted by Crippen LogP contribution is -2.24. The van der Waals surface area contributed by atoms with Crippen molar-refractivity contribution < 1.29 is 19.1 Å². The second kappa shape index (κ2) is 8.84. The van der Waals surface area contributed by atoms with Crippen molar-refractivity contribution in [1.29, 1.82) is 0 Å². The summed E-state index contributed by atoms with van der Waals surface area (Å²) in [5.74, 6) is 0.0249. The fourth-order valence-corrected chi connectivity index (χ4v) is 1.76. The number of benzene rings is 1. The molecule has 6 heteroatoms. The quantitative estimate of drug-likeness (QED) is 0.675. The van der Waals surface area contributed by atoms with Crippen molar-refractivity contribution in [1.82, 2.24) is 5.32 Å². The minimum absolute atomic E-state index is 0.161. The third-order valence-electron chi connectivity index (χ3n) is 2.86. The van der Waals surface area contributed by atoms with Gasteiger partial charge in [-0.25, -0.2) is 0 Å². The molecule has 0 aromatic heterocycles. The molecule has 0 saturated carbocycles. The summed E-state index contributed by atoms with van der Waals surface area (Å²) in [6.45, 7) is 2.52. The van der Waals surface area contributed by atoms with Gasteiger partial charge >= 0.3 is 0 Å². The molecule has 21 heavy (non-hydrogen) atoms. The summed E-state index contributed by atoms with van der Waals surface area (Å²) in [5.41, 5.74) is 5.50. The van der Waals surface area contributed by atoms with Crippen LogP contribution in [0.3, 0.4) is 0 Å². The van der Waals surface area contributed by atoms with Gasteiger partial charge in [-0.3, -0.25) is 9.59 Å². The molecule has 2 amide bonds. The van der Waals surface area contributed by atoms with Crippen LogP contribution in [0.4, 0.5) is 0 Å². The second-order valence-corrected chi connectivity index (χ2v) is 4.58. The fourth-order valence-electron chi connectivity index (χ4n) is 1.76. The number of amides is 2. The highest BCUT2D eigenvalue weighted by molar-refractivity contribution is 5.94. The van der Waals surface area contributed by atoms with Gasteiger partial charge in [-0.15, -0.1) is 0 Å². The van der Waals surface area contributed by atoms with Gasteiger partial charge in [-0.1, -0.05) is 19.8 Å². The summed E-state index contributed by atoms with van der Waals surface area (Å²) in [6.07, 6.45) is 3.15. The van der Waals surface area contributed by atoms with E-state index in [4.69, 9.17) is 15.2 Å². The van der Waals surface area contributed by atoms with Crippen molar-refractivity contribution in [2.75, 3.05) is 20.3 Å². The Balaban J connectivity index is 2.67. The maximum atomic E-state index is 12.0. The smallest absolute Gasteiger partial charge is 0.255 e. The van der Waals surface area contributed by atoms with E-state index in [1.165, 1.54) is 7.11 Å². The summed E-state index contributed by atoms with van der Waals surface area (Å²) < 4.78 is 10.4. The zero-order chi connectivity index (χ0) is 15.7. The first kappa shape index (κ1) is 16.8. The number of rotatable bonds is 9. The van der Waals surface area contributed by atoms with Crippen LogP contribution in [-0.4, -0.2) is 32.1 Å². The first-order valence-electron chi connectivity index (χ1n) is 6.95. The van der Waals surface area contributed by atoms with E-state index in [-0.39, 0.29) is 12.5 Å². The molecule has 0 saturated heterocycles. The topological polar surface area (TPSA) is 90.6 Å². The Morgan fingerprint density at radius 3 is 2.62 bits per heavy atom. The van der Waals surface area contributed by atoms with Crippen molar-refractivity contribution in [2.24, 2.45) is 5.73 Å². The van der Waals surface area contributed by atoms with Crippen LogP contribution in [0.5, 0.6) is 11.5 Å². The minimum Gasteiger partial charge on any atom is -0.493 e. The number of primary amides is 1. The van der Waals surface area contributed by atoms with Crippen molar-refractivity contribution in [3.8, 4) is 11.5 Å². The van der Waals surface area contributed by atoms with E-state index in [0.29, 0.717) is 23.6 Å². The Kier molecular flexibility index (Phi) is 7.08. The van der Waals surface area contributed by atoms with Crippen LogP contribution in [0.2, 0.25) is 0 Å². The van der Waals surface area contributed by atoms with Crippen LogP contribution < -0.4 is 20.5 Å². The highest BCUT2D eigenvalue weighted by atomic mass is 16.5. The Labute approximate surface area is 124 Å². The van der Waals surface area contributed by atoms with E-state index in [0.717, 1.165) is 19.3 Å². The third-order valence-corrected chi connectivity index (χ3v) is 2.86. The molecule has 0 atom stereocenters. The zero-order valence-electron chi connectivity index (χ0n) is 12.5. The van der Waals surface area contributed by atoms with Crippen molar-refractivity contribution in [2.45, 2.75) is 26.2 Å². The van der Waals surface area contributed by atoms with Gasteiger partial charge in [0, 0.05) is 12.1 Å². The number of ether oxygens (including phenoxy) is 2. The van der Waals surface area contributed by atoms with Gasteiger partial charge in [-0.05, 0) is 24.6 Å². The lowest BCUT2D eigenvalue weighted by molar-refractivity contribution is -0.119. The highest BCUT2D eigenvalue weighted by Gasteiger charge is 2.11. The molecule has 1 rings (SSSR count). The normalized spacial score (nSPS) is 10.0. The molecule has 3 N–H and O–H groups in total. The number of carbonyl (C=O) groups excluding carboxylic acids is 2. The molecule has 0 bridgehead atoms. The van der Waals surface area contributed by atoms with Gasteiger partial charge in [0.2, 0.25) is 0 Å². The predicted octanol–water partition coefficient (Wildman–Crippen LogP) is 1.48. The van der Waals surface area contributed by atoms with Crippen LogP contribution >= 0.6 is 0 Å². The maximum Gasteiger partial charge on any atom is 0.255 e. The molecular formula is C15H22N2O4. The van der Waals surface area contributed by atoms with E-state index in [2.05, 4.69) is 12.2 Å². The standard InChI is InChI=1S/C15H22N2O4/c1-3-4-5-8-17-15(19)11-6-7-12(13(9-11)20-2)21-10-14(16)18/h6-7,9H,3-5,8,10H2,1-2H3,(H2,16,18)(H,17,19). The number of hydrogen-bond donors (Lipinski definition) is 2. The molecule has 0 aliphatic rings. The monoisotopic (exact) mass is 294 g/mol. The Morgan fingerprint density at radius 1 is 1.24 bits per heavy atom. The predicted molar refractivity (Wildman–Crippen MR) is 79.5 cm³/mol. The highest BCUT2D eigenvalue weighted by Crippen LogP contribution is 2.27. The van der Waals surface area contributed by atoms with Crippen molar-refractivity contribution in [3.05, 3.63) is 23.8 Å². The van der Waals surface area contributed by atoms with Crippen LogP contribution in [-0.2, 0) is 4.79 Å². The number of nitrogens with one attached hydrogen (secondary N) is 1. The molecule has 0 unspecified atom stereocenters. The van der Waals surface area contributed by atoms with Gasteiger partial charge in [0.1, 0.15) is 0 Å². The molecule has 1 aromatic rings. The molecule has 0 spiro atoms. The molecule has 0 radical (unpaired) electrons. The molecule has 0 aliphatic carbocycles. The zero-order valence-corrected chi connectivity index (χ0v) is 12.5. The summed E-state index contributed by atoms with van der Waals surface area (Å²) in [4.78, 5) is 22.7. The average molecular weight is 294 g/mol. The van der Waals surface area contributed by atoms with E-state index >= 15 is 0 Å². The molecule has 116 valence electrons. The number of carbonyl (C=O) groups is 2.